The summed E-state index contributed by atoms with van der Waals surface area (Å²) in [5, 5.41) is 3.55. The maximum Gasteiger partial charge on any atom is 0.154 e. The van der Waals surface area contributed by atoms with Gasteiger partial charge in [-0.1, -0.05) is 29.3 Å². The van der Waals surface area contributed by atoms with Gasteiger partial charge in [-0.25, -0.2) is 8.42 Å². The van der Waals surface area contributed by atoms with Crippen LogP contribution in [0.4, 0.5) is 5.69 Å². The van der Waals surface area contributed by atoms with Crippen LogP contribution in [0.2, 0.25) is 10.0 Å². The van der Waals surface area contributed by atoms with Crippen molar-refractivity contribution < 1.29 is 8.42 Å². The van der Waals surface area contributed by atoms with Gasteiger partial charge >= 0.3 is 0 Å². The Bertz CT molecular complexity index is 466. The lowest BCUT2D eigenvalue weighted by molar-refractivity contribution is 0.588. The Kier molecular flexibility index (Phi) is 5.10. The summed E-state index contributed by atoms with van der Waals surface area (Å²) in [5.74, 6) is 0.0617. The van der Waals surface area contributed by atoms with Gasteiger partial charge in [0.2, 0.25) is 0 Å². The van der Waals surface area contributed by atoms with Crippen LogP contribution in [-0.2, 0) is 9.84 Å². The first-order valence-electron chi connectivity index (χ1n) is 5.24. The van der Waals surface area contributed by atoms with Crippen molar-refractivity contribution >= 4 is 38.7 Å². The number of halogens is 2. The standard InChI is InChI=1S/C11H15Cl2NO2S/c1-8(2)17(15,16)7-6-14-11-9(12)4-3-5-10(11)13/h3-5,8,14H,6-7H2,1-2H3. The molecule has 0 radical (unpaired) electrons. The molecular formula is C11H15Cl2NO2S. The van der Waals surface area contributed by atoms with Gasteiger partial charge < -0.3 is 5.32 Å². The highest BCUT2D eigenvalue weighted by Crippen LogP contribution is 2.29. The second-order valence-corrected chi connectivity index (χ2v) is 7.43. The molecule has 96 valence electrons. The molecule has 0 heterocycles. The minimum absolute atomic E-state index is 0.0617. The number of nitrogens with one attached hydrogen (secondary N) is 1. The number of hydrogen-bond acceptors (Lipinski definition) is 3. The highest BCUT2D eigenvalue weighted by Gasteiger charge is 2.15. The molecule has 0 unspecified atom stereocenters. The zero-order valence-corrected chi connectivity index (χ0v) is 12.0. The molecule has 17 heavy (non-hydrogen) atoms. The molecule has 0 saturated carbocycles. The predicted octanol–water partition coefficient (Wildman–Crippen LogP) is 3.23. The van der Waals surface area contributed by atoms with Gasteiger partial charge in [0, 0.05) is 6.54 Å². The van der Waals surface area contributed by atoms with Crippen molar-refractivity contribution in [3.05, 3.63) is 28.2 Å². The Labute approximate surface area is 112 Å². The van der Waals surface area contributed by atoms with E-state index >= 15 is 0 Å². The van der Waals surface area contributed by atoms with Gasteiger partial charge in [0.1, 0.15) is 0 Å². The summed E-state index contributed by atoms with van der Waals surface area (Å²) >= 11 is 11.9. The largest absolute Gasteiger partial charge is 0.382 e. The molecule has 6 heteroatoms. The van der Waals surface area contributed by atoms with Crippen LogP contribution >= 0.6 is 23.2 Å². The van der Waals surface area contributed by atoms with E-state index in [1.807, 2.05) is 0 Å². The molecule has 0 amide bonds. The van der Waals surface area contributed by atoms with Crippen molar-refractivity contribution in [3.63, 3.8) is 0 Å². The summed E-state index contributed by atoms with van der Waals surface area (Å²) in [6.45, 7) is 3.62. The molecule has 3 nitrogen and oxygen atoms in total. The molecule has 0 saturated heterocycles. The van der Waals surface area contributed by atoms with E-state index in [0.717, 1.165) is 0 Å². The smallest absolute Gasteiger partial charge is 0.154 e. The van der Waals surface area contributed by atoms with Gasteiger partial charge in [0.15, 0.2) is 9.84 Å². The molecule has 1 aromatic carbocycles. The quantitative estimate of drug-likeness (QED) is 0.907. The summed E-state index contributed by atoms with van der Waals surface area (Å²) in [7, 11) is -3.04. The van der Waals surface area contributed by atoms with Gasteiger partial charge in [-0.15, -0.1) is 0 Å². The average molecular weight is 296 g/mol. The molecule has 0 atom stereocenters. The number of sulfone groups is 1. The van der Waals surface area contributed by atoms with E-state index < -0.39 is 9.84 Å². The molecule has 1 N–H and O–H groups in total. The van der Waals surface area contributed by atoms with Crippen LogP contribution in [0.25, 0.3) is 0 Å². The zero-order valence-electron chi connectivity index (χ0n) is 9.70. The zero-order chi connectivity index (χ0) is 13.1. The third-order valence-corrected chi connectivity index (χ3v) is 5.21. The summed E-state index contributed by atoms with van der Waals surface area (Å²) < 4.78 is 23.2. The molecule has 0 aromatic heterocycles. The second-order valence-electron chi connectivity index (χ2n) is 3.94. The van der Waals surface area contributed by atoms with Crippen LogP contribution in [0.1, 0.15) is 13.8 Å². The number of anilines is 1. The van der Waals surface area contributed by atoms with Crippen molar-refractivity contribution in [1.29, 1.82) is 0 Å². The van der Waals surface area contributed by atoms with Crippen LogP contribution in [0.15, 0.2) is 18.2 Å². The monoisotopic (exact) mass is 295 g/mol. The fraction of sp³-hybridized carbons (Fsp3) is 0.455. The van der Waals surface area contributed by atoms with E-state index in [2.05, 4.69) is 5.32 Å². The van der Waals surface area contributed by atoms with Crippen LogP contribution < -0.4 is 5.32 Å². The van der Waals surface area contributed by atoms with Gasteiger partial charge in [-0.05, 0) is 26.0 Å². The molecule has 0 aliphatic carbocycles. The molecule has 0 bridgehead atoms. The topological polar surface area (TPSA) is 46.2 Å². The third kappa shape index (κ3) is 4.05. The van der Waals surface area contributed by atoms with E-state index in [-0.39, 0.29) is 11.0 Å². The van der Waals surface area contributed by atoms with Crippen molar-refractivity contribution in [2.75, 3.05) is 17.6 Å². The van der Waals surface area contributed by atoms with Crippen molar-refractivity contribution in [1.82, 2.24) is 0 Å². The fourth-order valence-corrected chi connectivity index (χ4v) is 2.61. The lowest BCUT2D eigenvalue weighted by Gasteiger charge is -2.11. The van der Waals surface area contributed by atoms with E-state index in [1.165, 1.54) is 0 Å². The summed E-state index contributed by atoms with van der Waals surface area (Å²) in [6, 6.07) is 5.14. The van der Waals surface area contributed by atoms with E-state index in [4.69, 9.17) is 23.2 Å². The first kappa shape index (κ1) is 14.6. The van der Waals surface area contributed by atoms with Crippen molar-refractivity contribution in [2.24, 2.45) is 0 Å². The normalized spacial score (nSPS) is 11.8. The first-order valence-corrected chi connectivity index (χ1v) is 7.71. The van der Waals surface area contributed by atoms with Crippen molar-refractivity contribution in [3.8, 4) is 0 Å². The highest BCUT2D eigenvalue weighted by molar-refractivity contribution is 7.92. The number of benzene rings is 1. The van der Waals surface area contributed by atoms with Gasteiger partial charge in [-0.3, -0.25) is 0 Å². The Morgan fingerprint density at radius 3 is 2.24 bits per heavy atom. The number of para-hydroxylation sites is 1. The van der Waals surface area contributed by atoms with Crippen LogP contribution in [0, 0.1) is 0 Å². The van der Waals surface area contributed by atoms with Gasteiger partial charge in [0.25, 0.3) is 0 Å². The summed E-state index contributed by atoms with van der Waals surface area (Å²) in [6.07, 6.45) is 0. The maximum atomic E-state index is 11.6. The van der Waals surface area contributed by atoms with Gasteiger partial charge in [0.05, 0.1) is 26.7 Å². The summed E-state index contributed by atoms with van der Waals surface area (Å²) in [4.78, 5) is 0. The predicted molar refractivity (Wildman–Crippen MR) is 73.9 cm³/mol. The van der Waals surface area contributed by atoms with E-state index in [9.17, 15) is 8.42 Å². The van der Waals surface area contributed by atoms with Crippen molar-refractivity contribution in [2.45, 2.75) is 19.1 Å². The Balaban J connectivity index is 2.64. The Morgan fingerprint density at radius 1 is 1.24 bits per heavy atom. The SMILES string of the molecule is CC(C)S(=O)(=O)CCNc1c(Cl)cccc1Cl. The van der Waals surface area contributed by atoms with E-state index in [1.54, 1.807) is 32.0 Å². The lowest BCUT2D eigenvalue weighted by Crippen LogP contribution is -2.23. The van der Waals surface area contributed by atoms with Crippen LogP contribution in [0.3, 0.4) is 0 Å². The molecule has 0 spiro atoms. The number of rotatable bonds is 5. The van der Waals surface area contributed by atoms with Crippen LogP contribution in [-0.4, -0.2) is 26.0 Å². The summed E-state index contributed by atoms with van der Waals surface area (Å²) in [5.41, 5.74) is 0.579. The lowest BCUT2D eigenvalue weighted by atomic mass is 10.3. The maximum absolute atomic E-state index is 11.6. The van der Waals surface area contributed by atoms with Crippen LogP contribution in [0.5, 0.6) is 0 Å². The molecular weight excluding hydrogens is 281 g/mol. The minimum atomic E-state index is -3.04. The molecule has 1 aromatic rings. The molecule has 1 rings (SSSR count). The Hall–Kier alpha value is -0.450. The van der Waals surface area contributed by atoms with Gasteiger partial charge in [-0.2, -0.15) is 0 Å². The number of hydrogen-bond donors (Lipinski definition) is 1. The Morgan fingerprint density at radius 2 is 1.76 bits per heavy atom. The third-order valence-electron chi connectivity index (χ3n) is 2.37. The average Bonchev–Trinajstić information content (AvgIpc) is 2.22. The molecule has 0 aliphatic heterocycles. The second kappa shape index (κ2) is 5.94. The minimum Gasteiger partial charge on any atom is -0.382 e. The molecule has 0 fully saturated rings. The molecule has 0 aliphatic rings. The van der Waals surface area contributed by atoms with E-state index in [0.29, 0.717) is 22.3 Å². The highest BCUT2D eigenvalue weighted by atomic mass is 35.5. The first-order chi connectivity index (χ1) is 7.84. The fourth-order valence-electron chi connectivity index (χ4n) is 1.22.